The standard InChI is InChI=1S/C10H20N2O/c1-9(2)12-6-10(7-12)4-5-11(3)8-13-10/h9H,4-8H2,1-3H3. The molecule has 0 unspecified atom stereocenters. The third kappa shape index (κ3) is 1.73. The number of ether oxygens (including phenoxy) is 1. The van der Waals surface area contributed by atoms with Gasteiger partial charge in [-0.15, -0.1) is 0 Å². The highest BCUT2D eigenvalue weighted by Gasteiger charge is 2.46. The lowest BCUT2D eigenvalue weighted by Gasteiger charge is -2.54. The first kappa shape index (κ1) is 9.44. The molecule has 76 valence electrons. The SMILES string of the molecule is CC(C)N1CC2(CCN(C)CO2)C1. The van der Waals surface area contributed by atoms with E-state index in [2.05, 4.69) is 30.7 Å². The fourth-order valence-electron chi connectivity index (χ4n) is 2.09. The van der Waals surface area contributed by atoms with Crippen molar-refractivity contribution in [3.63, 3.8) is 0 Å². The first-order valence-electron chi connectivity index (χ1n) is 5.18. The van der Waals surface area contributed by atoms with Crippen LogP contribution in [-0.2, 0) is 4.74 Å². The van der Waals surface area contributed by atoms with E-state index < -0.39 is 0 Å². The Kier molecular flexibility index (Phi) is 2.34. The third-order valence-electron chi connectivity index (χ3n) is 3.25. The topological polar surface area (TPSA) is 15.7 Å². The Balaban J connectivity index is 1.83. The summed E-state index contributed by atoms with van der Waals surface area (Å²) in [6.45, 7) is 8.78. The average molecular weight is 184 g/mol. The Hall–Kier alpha value is -0.120. The van der Waals surface area contributed by atoms with E-state index in [0.29, 0.717) is 6.04 Å². The summed E-state index contributed by atoms with van der Waals surface area (Å²) in [4.78, 5) is 4.72. The summed E-state index contributed by atoms with van der Waals surface area (Å²) in [6, 6.07) is 0.675. The van der Waals surface area contributed by atoms with Gasteiger partial charge in [0.1, 0.15) is 0 Å². The molecule has 0 aromatic heterocycles. The van der Waals surface area contributed by atoms with Crippen LogP contribution in [-0.4, -0.2) is 54.9 Å². The maximum atomic E-state index is 5.88. The third-order valence-corrected chi connectivity index (χ3v) is 3.25. The van der Waals surface area contributed by atoms with Crippen LogP contribution in [0.4, 0.5) is 0 Å². The van der Waals surface area contributed by atoms with Crippen molar-refractivity contribution in [2.75, 3.05) is 33.4 Å². The van der Waals surface area contributed by atoms with Crippen molar-refractivity contribution >= 4 is 0 Å². The lowest BCUT2D eigenvalue weighted by atomic mass is 9.88. The lowest BCUT2D eigenvalue weighted by molar-refractivity contribution is -0.204. The molecule has 3 nitrogen and oxygen atoms in total. The molecule has 0 bridgehead atoms. The van der Waals surface area contributed by atoms with E-state index in [1.807, 2.05) is 0 Å². The summed E-state index contributed by atoms with van der Waals surface area (Å²) in [5, 5.41) is 0. The summed E-state index contributed by atoms with van der Waals surface area (Å²) in [5.74, 6) is 0. The second kappa shape index (κ2) is 3.23. The van der Waals surface area contributed by atoms with Crippen LogP contribution in [0, 0.1) is 0 Å². The van der Waals surface area contributed by atoms with E-state index in [1.165, 1.54) is 13.0 Å². The Labute approximate surface area is 80.6 Å². The van der Waals surface area contributed by atoms with Crippen molar-refractivity contribution in [2.45, 2.75) is 31.9 Å². The average Bonchev–Trinajstić information content (AvgIpc) is 2.02. The van der Waals surface area contributed by atoms with E-state index in [1.54, 1.807) is 0 Å². The fourth-order valence-corrected chi connectivity index (χ4v) is 2.09. The first-order chi connectivity index (χ1) is 6.11. The zero-order valence-electron chi connectivity index (χ0n) is 8.92. The molecule has 2 rings (SSSR count). The molecule has 0 radical (unpaired) electrons. The molecule has 0 amide bonds. The second-order valence-electron chi connectivity index (χ2n) is 4.78. The predicted molar refractivity (Wildman–Crippen MR) is 52.6 cm³/mol. The fraction of sp³-hybridized carbons (Fsp3) is 1.00. The first-order valence-corrected chi connectivity index (χ1v) is 5.18. The minimum absolute atomic E-state index is 0.219. The van der Waals surface area contributed by atoms with Crippen LogP contribution in [0.3, 0.4) is 0 Å². The van der Waals surface area contributed by atoms with Crippen molar-refractivity contribution in [1.29, 1.82) is 0 Å². The molecule has 0 atom stereocenters. The summed E-state index contributed by atoms with van der Waals surface area (Å²) in [6.07, 6.45) is 1.20. The molecule has 2 fully saturated rings. The van der Waals surface area contributed by atoms with Gasteiger partial charge in [0, 0.05) is 25.7 Å². The van der Waals surface area contributed by atoms with Crippen molar-refractivity contribution in [3.05, 3.63) is 0 Å². The molecule has 1 spiro atoms. The summed E-state index contributed by atoms with van der Waals surface area (Å²) >= 11 is 0. The van der Waals surface area contributed by atoms with Gasteiger partial charge in [0.25, 0.3) is 0 Å². The molecule has 0 aromatic rings. The summed E-state index contributed by atoms with van der Waals surface area (Å²) < 4.78 is 5.88. The highest BCUT2D eigenvalue weighted by Crippen LogP contribution is 2.32. The van der Waals surface area contributed by atoms with E-state index in [-0.39, 0.29) is 5.60 Å². The van der Waals surface area contributed by atoms with Crippen molar-refractivity contribution in [1.82, 2.24) is 9.80 Å². The largest absolute Gasteiger partial charge is 0.357 e. The molecule has 2 aliphatic heterocycles. The van der Waals surface area contributed by atoms with Crippen molar-refractivity contribution in [3.8, 4) is 0 Å². The van der Waals surface area contributed by atoms with Gasteiger partial charge in [-0.2, -0.15) is 0 Å². The van der Waals surface area contributed by atoms with E-state index in [4.69, 9.17) is 4.74 Å². The smallest absolute Gasteiger partial charge is 0.0996 e. The number of nitrogens with zero attached hydrogens (tertiary/aromatic N) is 2. The zero-order valence-corrected chi connectivity index (χ0v) is 8.92. The van der Waals surface area contributed by atoms with Gasteiger partial charge in [-0.05, 0) is 27.3 Å². The maximum absolute atomic E-state index is 5.88. The molecular formula is C10H20N2O. The molecule has 13 heavy (non-hydrogen) atoms. The van der Waals surface area contributed by atoms with Gasteiger partial charge in [-0.1, -0.05) is 0 Å². The van der Waals surface area contributed by atoms with Gasteiger partial charge < -0.3 is 4.74 Å². The van der Waals surface area contributed by atoms with Crippen LogP contribution in [0.25, 0.3) is 0 Å². The van der Waals surface area contributed by atoms with Gasteiger partial charge in [0.05, 0.1) is 12.3 Å². The van der Waals surface area contributed by atoms with Crippen LogP contribution in [0.2, 0.25) is 0 Å². The second-order valence-corrected chi connectivity index (χ2v) is 4.78. The van der Waals surface area contributed by atoms with E-state index in [0.717, 1.165) is 19.8 Å². The minimum atomic E-state index is 0.219. The lowest BCUT2D eigenvalue weighted by Crippen LogP contribution is -2.67. The monoisotopic (exact) mass is 184 g/mol. The van der Waals surface area contributed by atoms with E-state index in [9.17, 15) is 0 Å². The Morgan fingerprint density at radius 1 is 1.31 bits per heavy atom. The number of rotatable bonds is 1. The summed E-state index contributed by atoms with van der Waals surface area (Å²) in [5.41, 5.74) is 0.219. The van der Waals surface area contributed by atoms with Crippen LogP contribution in [0.15, 0.2) is 0 Å². The van der Waals surface area contributed by atoms with Gasteiger partial charge in [-0.25, -0.2) is 0 Å². The normalized spacial score (nSPS) is 29.5. The minimum Gasteiger partial charge on any atom is -0.357 e. The van der Waals surface area contributed by atoms with Gasteiger partial charge in [0.15, 0.2) is 0 Å². The van der Waals surface area contributed by atoms with Crippen molar-refractivity contribution in [2.24, 2.45) is 0 Å². The van der Waals surface area contributed by atoms with Gasteiger partial charge in [0.2, 0.25) is 0 Å². The molecule has 0 N–H and O–H groups in total. The number of likely N-dealkylation sites (tertiary alicyclic amines) is 1. The van der Waals surface area contributed by atoms with Crippen LogP contribution in [0.1, 0.15) is 20.3 Å². The quantitative estimate of drug-likeness (QED) is 0.598. The number of hydrogen-bond acceptors (Lipinski definition) is 3. The molecule has 0 aliphatic carbocycles. The highest BCUT2D eigenvalue weighted by atomic mass is 16.5. The predicted octanol–water partition coefficient (Wildman–Crippen LogP) is 0.759. The molecular weight excluding hydrogens is 164 g/mol. The Bertz CT molecular complexity index is 177. The molecule has 2 saturated heterocycles. The van der Waals surface area contributed by atoms with E-state index >= 15 is 0 Å². The molecule has 2 heterocycles. The van der Waals surface area contributed by atoms with Crippen LogP contribution < -0.4 is 0 Å². The Morgan fingerprint density at radius 3 is 2.46 bits per heavy atom. The van der Waals surface area contributed by atoms with Gasteiger partial charge >= 0.3 is 0 Å². The van der Waals surface area contributed by atoms with Crippen LogP contribution in [0.5, 0.6) is 0 Å². The Morgan fingerprint density at radius 2 is 2.00 bits per heavy atom. The number of hydrogen-bond donors (Lipinski definition) is 0. The van der Waals surface area contributed by atoms with Crippen LogP contribution >= 0.6 is 0 Å². The zero-order chi connectivity index (χ0) is 9.47. The van der Waals surface area contributed by atoms with Gasteiger partial charge in [-0.3, -0.25) is 9.80 Å². The molecule has 0 aromatic carbocycles. The molecule has 0 saturated carbocycles. The summed E-state index contributed by atoms with van der Waals surface area (Å²) in [7, 11) is 2.12. The molecule has 2 aliphatic rings. The molecule has 3 heteroatoms. The van der Waals surface area contributed by atoms with Crippen molar-refractivity contribution < 1.29 is 4.74 Å². The highest BCUT2D eigenvalue weighted by molar-refractivity contribution is 5.00. The maximum Gasteiger partial charge on any atom is 0.0996 e.